The van der Waals surface area contributed by atoms with E-state index in [1.165, 1.54) is 6.07 Å². The zero-order chi connectivity index (χ0) is 15.2. The molecular formula is C14H22N2O3S. The Morgan fingerprint density at radius 3 is 2.65 bits per heavy atom. The van der Waals surface area contributed by atoms with Crippen molar-refractivity contribution >= 4 is 15.9 Å². The lowest BCUT2D eigenvalue weighted by atomic mass is 10.2. The van der Waals surface area contributed by atoms with Gasteiger partial charge in [0.2, 0.25) is 15.9 Å². The molecule has 6 heteroatoms. The third-order valence-corrected chi connectivity index (χ3v) is 4.38. The summed E-state index contributed by atoms with van der Waals surface area (Å²) in [5.41, 5.74) is 0.860. The number of aryl methyl sites for hydroxylation is 1. The van der Waals surface area contributed by atoms with Crippen molar-refractivity contribution in [2.75, 3.05) is 20.1 Å². The van der Waals surface area contributed by atoms with Crippen molar-refractivity contribution in [2.45, 2.75) is 31.6 Å². The molecule has 1 amide bonds. The van der Waals surface area contributed by atoms with E-state index < -0.39 is 10.0 Å². The number of hydrogen-bond donors (Lipinski definition) is 1. The van der Waals surface area contributed by atoms with Crippen molar-refractivity contribution in [1.29, 1.82) is 0 Å². The molecule has 0 saturated heterocycles. The Morgan fingerprint density at radius 2 is 2.05 bits per heavy atom. The molecule has 0 spiro atoms. The van der Waals surface area contributed by atoms with Crippen LogP contribution in [0.25, 0.3) is 0 Å². The minimum absolute atomic E-state index is 0.182. The van der Waals surface area contributed by atoms with Crippen LogP contribution in [0.1, 0.15) is 25.3 Å². The van der Waals surface area contributed by atoms with Crippen molar-refractivity contribution in [1.82, 2.24) is 9.62 Å². The van der Waals surface area contributed by atoms with Gasteiger partial charge in [-0.2, -0.15) is 0 Å². The van der Waals surface area contributed by atoms with Gasteiger partial charge in [-0.1, -0.05) is 25.5 Å². The minimum atomic E-state index is -3.63. The van der Waals surface area contributed by atoms with Crippen LogP contribution in [0.5, 0.6) is 0 Å². The van der Waals surface area contributed by atoms with Gasteiger partial charge >= 0.3 is 0 Å². The fourth-order valence-electron chi connectivity index (χ4n) is 1.68. The Hall–Kier alpha value is -1.40. The van der Waals surface area contributed by atoms with Crippen LogP contribution in [0.2, 0.25) is 0 Å². The first kappa shape index (κ1) is 16.7. The van der Waals surface area contributed by atoms with Gasteiger partial charge < -0.3 is 4.90 Å². The Kier molecular flexibility index (Phi) is 6.16. The zero-order valence-electron chi connectivity index (χ0n) is 12.2. The lowest BCUT2D eigenvalue weighted by molar-refractivity contribution is -0.128. The van der Waals surface area contributed by atoms with E-state index in [0.717, 1.165) is 18.4 Å². The van der Waals surface area contributed by atoms with Crippen LogP contribution in [-0.2, 0) is 14.8 Å². The van der Waals surface area contributed by atoms with Crippen LogP contribution < -0.4 is 4.72 Å². The second kappa shape index (κ2) is 7.40. The summed E-state index contributed by atoms with van der Waals surface area (Å²) in [4.78, 5) is 13.5. The molecule has 0 unspecified atom stereocenters. The van der Waals surface area contributed by atoms with Crippen LogP contribution in [0.3, 0.4) is 0 Å². The summed E-state index contributed by atoms with van der Waals surface area (Å²) in [5.74, 6) is -0.227. The monoisotopic (exact) mass is 298 g/mol. The minimum Gasteiger partial charge on any atom is -0.345 e. The molecule has 1 N–H and O–H groups in total. The first-order chi connectivity index (χ1) is 9.36. The first-order valence-electron chi connectivity index (χ1n) is 6.67. The van der Waals surface area contributed by atoms with Gasteiger partial charge in [0, 0.05) is 13.6 Å². The largest absolute Gasteiger partial charge is 0.345 e. The Morgan fingerprint density at radius 1 is 1.35 bits per heavy atom. The van der Waals surface area contributed by atoms with Crippen LogP contribution in [0.15, 0.2) is 29.2 Å². The number of sulfonamides is 1. The van der Waals surface area contributed by atoms with Gasteiger partial charge in [0.1, 0.15) is 0 Å². The van der Waals surface area contributed by atoms with Crippen molar-refractivity contribution in [2.24, 2.45) is 0 Å². The molecule has 20 heavy (non-hydrogen) atoms. The number of amides is 1. The molecule has 1 rings (SSSR count). The topological polar surface area (TPSA) is 66.5 Å². The maximum Gasteiger partial charge on any atom is 0.241 e. The number of carbonyl (C=O) groups is 1. The molecular weight excluding hydrogens is 276 g/mol. The van der Waals surface area contributed by atoms with E-state index in [0.29, 0.717) is 6.54 Å². The second-order valence-corrected chi connectivity index (χ2v) is 6.58. The summed E-state index contributed by atoms with van der Waals surface area (Å²) in [6, 6.07) is 6.59. The van der Waals surface area contributed by atoms with Crippen molar-refractivity contribution in [3.63, 3.8) is 0 Å². The van der Waals surface area contributed by atoms with Crippen molar-refractivity contribution in [3.8, 4) is 0 Å². The molecule has 0 fully saturated rings. The summed E-state index contributed by atoms with van der Waals surface area (Å²) in [6.45, 7) is 4.29. The normalized spacial score (nSPS) is 11.3. The summed E-state index contributed by atoms with van der Waals surface area (Å²) >= 11 is 0. The van der Waals surface area contributed by atoms with E-state index in [-0.39, 0.29) is 17.3 Å². The van der Waals surface area contributed by atoms with Gasteiger partial charge in [-0.15, -0.1) is 0 Å². The molecule has 0 radical (unpaired) electrons. The summed E-state index contributed by atoms with van der Waals surface area (Å²) < 4.78 is 26.4. The van der Waals surface area contributed by atoms with E-state index in [4.69, 9.17) is 0 Å². The lowest BCUT2D eigenvalue weighted by Gasteiger charge is -2.17. The highest BCUT2D eigenvalue weighted by molar-refractivity contribution is 7.89. The molecule has 1 aromatic carbocycles. The van der Waals surface area contributed by atoms with Gasteiger partial charge in [0.05, 0.1) is 11.4 Å². The lowest BCUT2D eigenvalue weighted by Crippen LogP contribution is -2.38. The van der Waals surface area contributed by atoms with E-state index in [1.54, 1.807) is 24.1 Å². The number of nitrogens with zero attached hydrogens (tertiary/aromatic N) is 1. The third-order valence-electron chi connectivity index (χ3n) is 2.99. The van der Waals surface area contributed by atoms with E-state index >= 15 is 0 Å². The van der Waals surface area contributed by atoms with Gasteiger partial charge in [0.15, 0.2) is 0 Å². The first-order valence-corrected chi connectivity index (χ1v) is 8.15. The molecule has 0 aromatic heterocycles. The van der Waals surface area contributed by atoms with Gasteiger partial charge in [-0.05, 0) is 31.0 Å². The fraction of sp³-hybridized carbons (Fsp3) is 0.500. The molecule has 0 heterocycles. The molecule has 1 aromatic rings. The standard InChI is InChI=1S/C14H22N2O3S/c1-4-5-9-16(3)14(17)11-15-20(18,19)13-8-6-7-12(2)10-13/h6-8,10,15H,4-5,9,11H2,1-3H3. The Balaban J connectivity index is 2.62. The van der Waals surface area contributed by atoms with Crippen LogP contribution in [0.4, 0.5) is 0 Å². The van der Waals surface area contributed by atoms with Crippen LogP contribution in [-0.4, -0.2) is 39.4 Å². The quantitative estimate of drug-likeness (QED) is 0.830. The fourth-order valence-corrected chi connectivity index (χ4v) is 2.76. The molecule has 112 valence electrons. The predicted molar refractivity (Wildman–Crippen MR) is 78.9 cm³/mol. The number of benzene rings is 1. The maximum absolute atomic E-state index is 12.0. The van der Waals surface area contributed by atoms with E-state index in [2.05, 4.69) is 4.72 Å². The molecule has 0 aliphatic rings. The number of carbonyl (C=O) groups excluding carboxylic acids is 1. The van der Waals surface area contributed by atoms with Crippen molar-refractivity contribution < 1.29 is 13.2 Å². The Bertz CT molecular complexity index is 555. The highest BCUT2D eigenvalue weighted by atomic mass is 32.2. The van der Waals surface area contributed by atoms with E-state index in [9.17, 15) is 13.2 Å². The molecule has 0 bridgehead atoms. The second-order valence-electron chi connectivity index (χ2n) is 4.81. The maximum atomic E-state index is 12.0. The molecule has 0 atom stereocenters. The average Bonchev–Trinajstić information content (AvgIpc) is 2.42. The number of nitrogens with one attached hydrogen (secondary N) is 1. The van der Waals surface area contributed by atoms with Gasteiger partial charge in [-0.3, -0.25) is 4.79 Å². The van der Waals surface area contributed by atoms with Gasteiger partial charge in [0.25, 0.3) is 0 Å². The highest BCUT2D eigenvalue weighted by Gasteiger charge is 2.16. The number of unbranched alkanes of at least 4 members (excludes halogenated alkanes) is 1. The summed E-state index contributed by atoms with van der Waals surface area (Å²) in [7, 11) is -1.95. The number of hydrogen-bond acceptors (Lipinski definition) is 3. The molecule has 0 aliphatic carbocycles. The van der Waals surface area contributed by atoms with Crippen molar-refractivity contribution in [3.05, 3.63) is 29.8 Å². The summed E-state index contributed by atoms with van der Waals surface area (Å²) in [5, 5.41) is 0. The number of rotatable bonds is 7. The van der Waals surface area contributed by atoms with Gasteiger partial charge in [-0.25, -0.2) is 13.1 Å². The average molecular weight is 298 g/mol. The third kappa shape index (κ3) is 4.94. The molecule has 5 nitrogen and oxygen atoms in total. The summed E-state index contributed by atoms with van der Waals surface area (Å²) in [6.07, 6.45) is 1.90. The molecule has 0 aliphatic heterocycles. The Labute approximate surface area is 121 Å². The van der Waals surface area contributed by atoms with Crippen LogP contribution in [0, 0.1) is 6.92 Å². The van der Waals surface area contributed by atoms with Crippen LogP contribution >= 0.6 is 0 Å². The predicted octanol–water partition coefficient (Wildman–Crippen LogP) is 1.53. The SMILES string of the molecule is CCCCN(C)C(=O)CNS(=O)(=O)c1cccc(C)c1. The number of likely N-dealkylation sites (N-methyl/N-ethyl adjacent to an activating group) is 1. The highest BCUT2D eigenvalue weighted by Crippen LogP contribution is 2.10. The molecule has 0 saturated carbocycles. The van der Waals surface area contributed by atoms with E-state index in [1.807, 2.05) is 19.9 Å². The zero-order valence-corrected chi connectivity index (χ0v) is 13.0. The smallest absolute Gasteiger partial charge is 0.241 e.